The molecule has 0 spiro atoms. The molecule has 0 aromatic heterocycles. The Morgan fingerprint density at radius 3 is 3.07 bits per heavy atom. The second-order valence-corrected chi connectivity index (χ2v) is 3.81. The van der Waals surface area contributed by atoms with Crippen molar-refractivity contribution in [1.29, 1.82) is 0 Å². The van der Waals surface area contributed by atoms with Gasteiger partial charge in [-0.3, -0.25) is 4.79 Å². The van der Waals surface area contributed by atoms with Gasteiger partial charge < -0.3 is 11.1 Å². The zero-order valence-corrected chi connectivity index (χ0v) is 8.84. The minimum Gasteiger partial charge on any atom is -0.327 e. The molecule has 1 amide bonds. The highest BCUT2D eigenvalue weighted by Crippen LogP contribution is 2.32. The number of fused-ring (bicyclic) bond motifs is 1. The Morgan fingerprint density at radius 2 is 2.33 bits per heavy atom. The van der Waals surface area contributed by atoms with Crippen molar-refractivity contribution in [2.45, 2.75) is 6.42 Å². The second-order valence-electron chi connectivity index (χ2n) is 3.40. The van der Waals surface area contributed by atoms with Gasteiger partial charge in [0, 0.05) is 6.54 Å². The molecule has 0 atom stereocenters. The maximum atomic E-state index is 11.2. The van der Waals surface area contributed by atoms with Crippen LogP contribution in [-0.4, -0.2) is 12.5 Å². The summed E-state index contributed by atoms with van der Waals surface area (Å²) in [5.41, 5.74) is 8.03. The number of carbonyl (C=O) groups is 1. The van der Waals surface area contributed by atoms with Gasteiger partial charge >= 0.3 is 0 Å². The molecular formula is C11H11ClN2O. The van der Waals surface area contributed by atoms with Crippen molar-refractivity contribution in [3.8, 4) is 0 Å². The van der Waals surface area contributed by atoms with Gasteiger partial charge in [0.15, 0.2) is 0 Å². The molecule has 3 nitrogen and oxygen atoms in total. The molecule has 1 aromatic rings. The number of benzene rings is 1. The standard InChI is InChI=1S/C11H11ClN2O/c12-9-5-7(2-1-3-13)4-8-6-10(15)14-11(8)9/h1-2,4-5H,3,6,13H2,(H,14,15)/b2-1+. The monoisotopic (exact) mass is 222 g/mol. The van der Waals surface area contributed by atoms with E-state index in [1.807, 2.05) is 24.3 Å². The van der Waals surface area contributed by atoms with Gasteiger partial charge in [0.1, 0.15) is 0 Å². The van der Waals surface area contributed by atoms with E-state index in [1.165, 1.54) is 0 Å². The molecule has 1 heterocycles. The molecule has 2 rings (SSSR count). The topological polar surface area (TPSA) is 55.1 Å². The molecule has 1 aromatic carbocycles. The molecule has 0 radical (unpaired) electrons. The van der Waals surface area contributed by atoms with E-state index in [1.54, 1.807) is 0 Å². The summed E-state index contributed by atoms with van der Waals surface area (Å²) in [5, 5.41) is 3.31. The minimum absolute atomic E-state index is 0.00754. The van der Waals surface area contributed by atoms with Crippen LogP contribution in [0.25, 0.3) is 6.08 Å². The predicted octanol–water partition coefficient (Wildman–Crippen LogP) is 1.81. The van der Waals surface area contributed by atoms with Crippen molar-refractivity contribution < 1.29 is 4.79 Å². The molecule has 0 saturated heterocycles. The lowest BCUT2D eigenvalue weighted by Crippen LogP contribution is -2.03. The van der Waals surface area contributed by atoms with Gasteiger partial charge in [-0.15, -0.1) is 0 Å². The summed E-state index contributed by atoms with van der Waals surface area (Å²) >= 11 is 6.04. The number of nitrogens with two attached hydrogens (primary N) is 1. The lowest BCUT2D eigenvalue weighted by Gasteiger charge is -2.03. The highest BCUT2D eigenvalue weighted by atomic mass is 35.5. The van der Waals surface area contributed by atoms with Crippen LogP contribution in [0.2, 0.25) is 5.02 Å². The van der Waals surface area contributed by atoms with Gasteiger partial charge in [-0.2, -0.15) is 0 Å². The average molecular weight is 223 g/mol. The van der Waals surface area contributed by atoms with Crippen molar-refractivity contribution >= 4 is 29.3 Å². The largest absolute Gasteiger partial charge is 0.327 e. The van der Waals surface area contributed by atoms with Crippen LogP contribution in [-0.2, 0) is 11.2 Å². The lowest BCUT2D eigenvalue weighted by atomic mass is 10.1. The molecule has 0 fully saturated rings. The Hall–Kier alpha value is -1.32. The second kappa shape index (κ2) is 4.04. The molecule has 0 unspecified atom stereocenters. The maximum Gasteiger partial charge on any atom is 0.228 e. The molecule has 0 bridgehead atoms. The van der Waals surface area contributed by atoms with Crippen LogP contribution in [0.1, 0.15) is 11.1 Å². The fourth-order valence-corrected chi connectivity index (χ4v) is 1.92. The third kappa shape index (κ3) is 2.03. The Kier molecular flexibility index (Phi) is 2.75. The van der Waals surface area contributed by atoms with Crippen LogP contribution in [0.15, 0.2) is 18.2 Å². The summed E-state index contributed by atoms with van der Waals surface area (Å²) in [6.45, 7) is 0.492. The Morgan fingerprint density at radius 1 is 1.53 bits per heavy atom. The number of hydrogen-bond donors (Lipinski definition) is 2. The van der Waals surface area contributed by atoms with Gasteiger partial charge in [-0.05, 0) is 23.3 Å². The third-order valence-corrected chi connectivity index (χ3v) is 2.55. The molecule has 1 aliphatic heterocycles. The van der Waals surface area contributed by atoms with Crippen LogP contribution >= 0.6 is 11.6 Å². The Balaban J connectivity index is 2.39. The van der Waals surface area contributed by atoms with Crippen LogP contribution < -0.4 is 11.1 Å². The van der Waals surface area contributed by atoms with Gasteiger partial charge in [-0.1, -0.05) is 23.8 Å². The van der Waals surface area contributed by atoms with E-state index < -0.39 is 0 Å². The van der Waals surface area contributed by atoms with Gasteiger partial charge in [0.05, 0.1) is 17.1 Å². The normalized spacial score (nSPS) is 14.4. The summed E-state index contributed by atoms with van der Waals surface area (Å²) in [6, 6.07) is 3.77. The average Bonchev–Trinajstić information content (AvgIpc) is 2.56. The molecule has 15 heavy (non-hydrogen) atoms. The predicted molar refractivity (Wildman–Crippen MR) is 61.9 cm³/mol. The van der Waals surface area contributed by atoms with E-state index >= 15 is 0 Å². The summed E-state index contributed by atoms with van der Waals surface area (Å²) in [4.78, 5) is 11.2. The van der Waals surface area contributed by atoms with Crippen LogP contribution in [0.4, 0.5) is 5.69 Å². The zero-order chi connectivity index (χ0) is 10.8. The first-order valence-corrected chi connectivity index (χ1v) is 5.07. The Labute approximate surface area is 92.9 Å². The number of amides is 1. The van der Waals surface area contributed by atoms with Crippen LogP contribution in [0.3, 0.4) is 0 Å². The maximum absolute atomic E-state index is 11.2. The number of carbonyl (C=O) groups excluding carboxylic acids is 1. The molecule has 4 heteroatoms. The first-order chi connectivity index (χ1) is 7.20. The van der Waals surface area contributed by atoms with E-state index in [-0.39, 0.29) is 5.91 Å². The van der Waals surface area contributed by atoms with E-state index in [4.69, 9.17) is 17.3 Å². The van der Waals surface area contributed by atoms with E-state index in [2.05, 4.69) is 5.32 Å². The summed E-state index contributed by atoms with van der Waals surface area (Å²) in [5.74, 6) is -0.00754. The summed E-state index contributed by atoms with van der Waals surface area (Å²) < 4.78 is 0. The van der Waals surface area contributed by atoms with Crippen LogP contribution in [0.5, 0.6) is 0 Å². The SMILES string of the molecule is NC/C=C/c1cc(Cl)c2c(c1)CC(=O)N2. The lowest BCUT2D eigenvalue weighted by molar-refractivity contribution is -0.115. The molecule has 0 aliphatic carbocycles. The van der Waals surface area contributed by atoms with Crippen molar-refractivity contribution in [3.63, 3.8) is 0 Å². The van der Waals surface area contributed by atoms with Crippen LogP contribution in [0, 0.1) is 0 Å². The first kappa shape index (κ1) is 10.2. The minimum atomic E-state index is -0.00754. The smallest absolute Gasteiger partial charge is 0.228 e. The molecule has 78 valence electrons. The fourth-order valence-electron chi connectivity index (χ4n) is 1.62. The number of anilines is 1. The van der Waals surface area contributed by atoms with E-state index in [0.29, 0.717) is 18.0 Å². The van der Waals surface area contributed by atoms with E-state index in [9.17, 15) is 4.79 Å². The van der Waals surface area contributed by atoms with Gasteiger partial charge in [-0.25, -0.2) is 0 Å². The fraction of sp³-hybridized carbons (Fsp3) is 0.182. The van der Waals surface area contributed by atoms with E-state index in [0.717, 1.165) is 16.8 Å². The van der Waals surface area contributed by atoms with Crippen molar-refractivity contribution in [2.24, 2.45) is 5.73 Å². The highest BCUT2D eigenvalue weighted by Gasteiger charge is 2.20. The quantitative estimate of drug-likeness (QED) is 0.802. The first-order valence-electron chi connectivity index (χ1n) is 4.69. The van der Waals surface area contributed by atoms with Gasteiger partial charge in [0.25, 0.3) is 0 Å². The molecule has 0 saturated carbocycles. The molecular weight excluding hydrogens is 212 g/mol. The third-order valence-electron chi connectivity index (χ3n) is 2.26. The molecule has 3 N–H and O–H groups in total. The number of nitrogens with one attached hydrogen (secondary N) is 1. The highest BCUT2D eigenvalue weighted by molar-refractivity contribution is 6.34. The van der Waals surface area contributed by atoms with Crippen molar-refractivity contribution in [1.82, 2.24) is 0 Å². The number of rotatable bonds is 2. The van der Waals surface area contributed by atoms with Crippen molar-refractivity contribution in [2.75, 3.05) is 11.9 Å². The number of hydrogen-bond acceptors (Lipinski definition) is 2. The number of halogens is 1. The van der Waals surface area contributed by atoms with Gasteiger partial charge in [0.2, 0.25) is 5.91 Å². The summed E-state index contributed by atoms with van der Waals surface area (Å²) in [7, 11) is 0. The Bertz CT molecular complexity index is 440. The zero-order valence-electron chi connectivity index (χ0n) is 8.09. The molecule has 1 aliphatic rings. The summed E-state index contributed by atoms with van der Waals surface area (Å²) in [6.07, 6.45) is 4.15. The van der Waals surface area contributed by atoms with Crippen molar-refractivity contribution in [3.05, 3.63) is 34.4 Å².